The molecule has 0 unspecified atom stereocenters. The van der Waals surface area contributed by atoms with E-state index in [0.717, 1.165) is 0 Å². The SMILES string of the molecule is C=CC(=O)N1CC(n2cnc3c(F)cc(-c4ccccc4O)cc3c2=O)C1. The summed E-state index contributed by atoms with van der Waals surface area (Å²) in [6.45, 7) is 4.19. The van der Waals surface area contributed by atoms with E-state index < -0.39 is 5.82 Å². The van der Waals surface area contributed by atoms with Crippen LogP contribution in [0.3, 0.4) is 0 Å². The monoisotopic (exact) mass is 365 g/mol. The first-order chi connectivity index (χ1) is 13.0. The summed E-state index contributed by atoms with van der Waals surface area (Å²) in [5.41, 5.74) is 0.423. The molecule has 0 atom stereocenters. The second-order valence-electron chi connectivity index (χ2n) is 6.43. The van der Waals surface area contributed by atoms with Crippen LogP contribution >= 0.6 is 0 Å². The van der Waals surface area contributed by atoms with Crippen molar-refractivity contribution in [2.24, 2.45) is 0 Å². The number of hydrogen-bond acceptors (Lipinski definition) is 4. The maximum atomic E-state index is 14.5. The highest BCUT2D eigenvalue weighted by Crippen LogP contribution is 2.31. The fourth-order valence-corrected chi connectivity index (χ4v) is 3.28. The van der Waals surface area contributed by atoms with E-state index >= 15 is 0 Å². The van der Waals surface area contributed by atoms with Gasteiger partial charge in [0, 0.05) is 18.7 Å². The lowest BCUT2D eigenvalue weighted by Crippen LogP contribution is -2.52. The Bertz CT molecular complexity index is 1130. The van der Waals surface area contributed by atoms with Crippen molar-refractivity contribution in [1.29, 1.82) is 0 Å². The average Bonchev–Trinajstić information content (AvgIpc) is 2.62. The van der Waals surface area contributed by atoms with Gasteiger partial charge < -0.3 is 10.0 Å². The summed E-state index contributed by atoms with van der Waals surface area (Å²) in [4.78, 5) is 30.1. The largest absolute Gasteiger partial charge is 0.507 e. The van der Waals surface area contributed by atoms with Crippen LogP contribution < -0.4 is 5.56 Å². The van der Waals surface area contributed by atoms with E-state index in [1.807, 2.05) is 0 Å². The second-order valence-corrected chi connectivity index (χ2v) is 6.43. The van der Waals surface area contributed by atoms with Crippen molar-refractivity contribution in [2.75, 3.05) is 13.1 Å². The van der Waals surface area contributed by atoms with Gasteiger partial charge in [0.2, 0.25) is 5.91 Å². The molecule has 3 aromatic rings. The molecule has 1 N–H and O–H groups in total. The summed E-state index contributed by atoms with van der Waals surface area (Å²) in [5, 5.41) is 10.2. The standard InChI is InChI=1S/C20H16FN3O3/c1-2-18(26)23-9-13(10-23)24-11-22-19-15(20(24)27)7-12(8-16(19)21)14-5-3-4-6-17(14)25/h2-8,11,13,25H,1,9-10H2. The number of carbonyl (C=O) groups excluding carboxylic acids is 1. The zero-order chi connectivity index (χ0) is 19.1. The first-order valence-corrected chi connectivity index (χ1v) is 8.39. The van der Waals surface area contributed by atoms with Crippen molar-refractivity contribution in [3.63, 3.8) is 0 Å². The van der Waals surface area contributed by atoms with Gasteiger partial charge in [-0.1, -0.05) is 24.8 Å². The molecule has 0 aliphatic carbocycles. The molecule has 6 nitrogen and oxygen atoms in total. The lowest BCUT2D eigenvalue weighted by atomic mass is 10.0. The number of fused-ring (bicyclic) bond motifs is 1. The minimum Gasteiger partial charge on any atom is -0.507 e. The van der Waals surface area contributed by atoms with Crippen LogP contribution in [-0.4, -0.2) is 38.6 Å². The van der Waals surface area contributed by atoms with Crippen LogP contribution in [0.2, 0.25) is 0 Å². The molecule has 0 radical (unpaired) electrons. The Morgan fingerprint density at radius 1 is 1.30 bits per heavy atom. The van der Waals surface area contributed by atoms with Gasteiger partial charge in [-0.25, -0.2) is 9.37 Å². The predicted octanol–water partition coefficient (Wildman–Crippen LogP) is 2.48. The molecule has 27 heavy (non-hydrogen) atoms. The maximum absolute atomic E-state index is 14.5. The molecular weight excluding hydrogens is 349 g/mol. The first kappa shape index (κ1) is 17.0. The number of likely N-dealkylation sites (tertiary alicyclic amines) is 1. The van der Waals surface area contributed by atoms with Gasteiger partial charge in [0.1, 0.15) is 17.1 Å². The van der Waals surface area contributed by atoms with Crippen LogP contribution in [0.25, 0.3) is 22.0 Å². The Morgan fingerprint density at radius 2 is 2.04 bits per heavy atom. The van der Waals surface area contributed by atoms with Crippen LogP contribution in [-0.2, 0) is 4.79 Å². The minimum atomic E-state index is -0.632. The third-order valence-corrected chi connectivity index (χ3v) is 4.80. The molecule has 1 fully saturated rings. The van der Waals surface area contributed by atoms with E-state index in [2.05, 4.69) is 11.6 Å². The predicted molar refractivity (Wildman–Crippen MR) is 98.9 cm³/mol. The van der Waals surface area contributed by atoms with Crippen LogP contribution in [0.1, 0.15) is 6.04 Å². The van der Waals surface area contributed by atoms with Crippen LogP contribution in [0.4, 0.5) is 4.39 Å². The molecule has 0 bridgehead atoms. The van der Waals surface area contributed by atoms with Crippen LogP contribution in [0.5, 0.6) is 5.75 Å². The molecule has 1 aliphatic heterocycles. The van der Waals surface area contributed by atoms with Gasteiger partial charge >= 0.3 is 0 Å². The van der Waals surface area contributed by atoms with Gasteiger partial charge in [0.25, 0.3) is 5.56 Å². The van der Waals surface area contributed by atoms with Crippen molar-refractivity contribution >= 4 is 16.8 Å². The van der Waals surface area contributed by atoms with Gasteiger partial charge in [-0.3, -0.25) is 14.2 Å². The van der Waals surface area contributed by atoms with Crippen molar-refractivity contribution in [2.45, 2.75) is 6.04 Å². The Hall–Kier alpha value is -3.48. The van der Waals surface area contributed by atoms with Crippen LogP contribution in [0, 0.1) is 5.82 Å². The van der Waals surface area contributed by atoms with Crippen LogP contribution in [0.15, 0.2) is 60.2 Å². The number of halogens is 1. The Kier molecular flexibility index (Phi) is 3.99. The molecule has 7 heteroatoms. The van der Waals surface area contributed by atoms with E-state index in [-0.39, 0.29) is 34.2 Å². The molecule has 1 saturated heterocycles. The number of phenols is 1. The Morgan fingerprint density at radius 3 is 2.74 bits per heavy atom. The summed E-state index contributed by atoms with van der Waals surface area (Å²) in [5.74, 6) is -0.828. The highest BCUT2D eigenvalue weighted by atomic mass is 19.1. The molecule has 1 aromatic heterocycles. The summed E-state index contributed by atoms with van der Waals surface area (Å²) < 4.78 is 16.0. The van der Waals surface area contributed by atoms with E-state index in [1.54, 1.807) is 23.1 Å². The number of aromatic nitrogens is 2. The lowest BCUT2D eigenvalue weighted by Gasteiger charge is -2.39. The Balaban J connectivity index is 1.79. The molecule has 2 aromatic carbocycles. The fourth-order valence-electron chi connectivity index (χ4n) is 3.28. The smallest absolute Gasteiger partial charge is 0.261 e. The number of benzene rings is 2. The van der Waals surface area contributed by atoms with Crippen molar-refractivity contribution in [3.05, 3.63) is 71.6 Å². The molecule has 0 saturated carbocycles. The number of phenolic OH excluding ortho intramolecular Hbond substituents is 1. The lowest BCUT2D eigenvalue weighted by molar-refractivity contribution is -0.131. The topological polar surface area (TPSA) is 75.4 Å². The molecule has 4 rings (SSSR count). The van der Waals surface area contributed by atoms with Crippen molar-refractivity contribution in [3.8, 4) is 16.9 Å². The molecule has 1 amide bonds. The van der Waals surface area contributed by atoms with E-state index in [9.17, 15) is 19.1 Å². The zero-order valence-corrected chi connectivity index (χ0v) is 14.3. The molecule has 1 aliphatic rings. The fraction of sp³-hybridized carbons (Fsp3) is 0.150. The van der Waals surface area contributed by atoms with Gasteiger partial charge in [0.05, 0.1) is 17.8 Å². The third-order valence-electron chi connectivity index (χ3n) is 4.80. The number of para-hydroxylation sites is 1. The number of nitrogens with zero attached hydrogens (tertiary/aromatic N) is 3. The minimum absolute atomic E-state index is 0.00182. The van der Waals surface area contributed by atoms with Crippen molar-refractivity contribution in [1.82, 2.24) is 14.5 Å². The summed E-state index contributed by atoms with van der Waals surface area (Å²) in [6, 6.07) is 9.10. The van der Waals surface area contributed by atoms with Gasteiger partial charge in [-0.05, 0) is 29.8 Å². The van der Waals surface area contributed by atoms with E-state index in [0.29, 0.717) is 24.2 Å². The van der Waals surface area contributed by atoms with Gasteiger partial charge in [-0.2, -0.15) is 0 Å². The third kappa shape index (κ3) is 2.77. The van der Waals surface area contributed by atoms with Gasteiger partial charge in [-0.15, -0.1) is 0 Å². The first-order valence-electron chi connectivity index (χ1n) is 8.39. The van der Waals surface area contributed by atoms with Crippen molar-refractivity contribution < 1.29 is 14.3 Å². The number of rotatable bonds is 3. The summed E-state index contributed by atoms with van der Waals surface area (Å²) >= 11 is 0. The molecule has 2 heterocycles. The maximum Gasteiger partial charge on any atom is 0.261 e. The Labute approximate surface area is 153 Å². The van der Waals surface area contributed by atoms with E-state index in [4.69, 9.17) is 0 Å². The molecule has 136 valence electrons. The zero-order valence-electron chi connectivity index (χ0n) is 14.3. The highest BCUT2D eigenvalue weighted by Gasteiger charge is 2.31. The summed E-state index contributed by atoms with van der Waals surface area (Å²) in [7, 11) is 0. The molecular formula is C20H16FN3O3. The van der Waals surface area contributed by atoms with Gasteiger partial charge in [0.15, 0.2) is 0 Å². The average molecular weight is 365 g/mol. The number of carbonyl (C=O) groups is 1. The number of amides is 1. The summed E-state index contributed by atoms with van der Waals surface area (Å²) in [6.07, 6.45) is 2.54. The van der Waals surface area contributed by atoms with E-state index in [1.165, 1.54) is 35.2 Å². The highest BCUT2D eigenvalue weighted by molar-refractivity contribution is 5.88. The molecule has 0 spiro atoms. The normalized spacial score (nSPS) is 14.2. The number of hydrogen-bond donors (Lipinski definition) is 1. The number of aromatic hydroxyl groups is 1. The second kappa shape index (κ2) is 6.35. The quantitative estimate of drug-likeness (QED) is 0.724.